The zero-order valence-corrected chi connectivity index (χ0v) is 21.7. The Bertz CT molecular complexity index is 925. The van der Waals surface area contributed by atoms with Gasteiger partial charge in [-0.25, -0.2) is 4.79 Å². The number of rotatable bonds is 14. The number of hydrogen-bond donors (Lipinski definition) is 6. The van der Waals surface area contributed by atoms with E-state index in [0.717, 1.165) is 5.56 Å². The summed E-state index contributed by atoms with van der Waals surface area (Å²) in [4.78, 5) is 52.5. The fraction of sp³-hybridized carbons (Fsp3) is 0.615. The van der Waals surface area contributed by atoms with Gasteiger partial charge in [0.25, 0.3) is 0 Å². The minimum absolute atomic E-state index is 0.115. The molecule has 2 rings (SSSR count). The Hall–Kier alpha value is -3.18. The molecule has 1 fully saturated rings. The average molecular weight is 520 g/mol. The number of carbonyl (C=O) groups is 4. The molecule has 1 heterocycles. The van der Waals surface area contributed by atoms with Crippen molar-refractivity contribution in [2.75, 3.05) is 13.1 Å². The van der Waals surface area contributed by atoms with E-state index in [4.69, 9.17) is 11.5 Å². The van der Waals surface area contributed by atoms with E-state index in [2.05, 4.69) is 10.6 Å². The molecule has 0 saturated carbocycles. The monoisotopic (exact) mass is 519 g/mol. The first-order valence-electron chi connectivity index (χ1n) is 13.0. The van der Waals surface area contributed by atoms with Crippen LogP contribution in [0.3, 0.4) is 0 Å². The maximum absolute atomic E-state index is 13.2. The molecular weight excluding hydrogens is 478 g/mol. The van der Waals surface area contributed by atoms with Crippen LogP contribution >= 0.6 is 0 Å². The predicted octanol–water partition coefficient (Wildman–Crippen LogP) is 0.482. The van der Waals surface area contributed by atoms with Gasteiger partial charge in [0.2, 0.25) is 17.7 Å². The van der Waals surface area contributed by atoms with Gasteiger partial charge in [-0.3, -0.25) is 14.4 Å². The Kier molecular flexibility index (Phi) is 11.8. The van der Waals surface area contributed by atoms with Gasteiger partial charge < -0.3 is 37.2 Å². The molecule has 0 spiro atoms. The van der Waals surface area contributed by atoms with E-state index in [1.54, 1.807) is 19.1 Å². The summed E-state index contributed by atoms with van der Waals surface area (Å²) >= 11 is 0. The van der Waals surface area contributed by atoms with Gasteiger partial charge in [0, 0.05) is 6.54 Å². The second-order valence-corrected chi connectivity index (χ2v) is 9.72. The molecule has 11 nitrogen and oxygen atoms in total. The number of aromatic hydroxyl groups is 1. The van der Waals surface area contributed by atoms with Crippen LogP contribution < -0.4 is 22.1 Å². The topological polar surface area (TPSA) is 188 Å². The van der Waals surface area contributed by atoms with Crippen LogP contribution in [0.4, 0.5) is 0 Å². The van der Waals surface area contributed by atoms with E-state index >= 15 is 0 Å². The molecule has 11 heteroatoms. The largest absolute Gasteiger partial charge is 0.508 e. The number of likely N-dealkylation sites (tertiary alicyclic amines) is 1. The number of hydrogen-bond acceptors (Lipinski definition) is 7. The zero-order chi connectivity index (χ0) is 27.5. The van der Waals surface area contributed by atoms with Crippen molar-refractivity contribution in [3.05, 3.63) is 29.8 Å². The van der Waals surface area contributed by atoms with Crippen LogP contribution in [0.25, 0.3) is 0 Å². The number of nitrogens with one attached hydrogen (secondary N) is 2. The van der Waals surface area contributed by atoms with E-state index in [-0.39, 0.29) is 24.0 Å². The maximum atomic E-state index is 13.2. The number of carboxylic acid groups (broad SMARTS) is 1. The van der Waals surface area contributed by atoms with Gasteiger partial charge in [-0.05, 0) is 68.7 Å². The molecular formula is C26H41N5O6. The number of benzene rings is 1. The molecule has 0 aliphatic carbocycles. The van der Waals surface area contributed by atoms with Crippen molar-refractivity contribution in [2.24, 2.45) is 17.4 Å². The summed E-state index contributed by atoms with van der Waals surface area (Å²) in [5.41, 5.74) is 12.5. The second kappa shape index (κ2) is 14.5. The Morgan fingerprint density at radius 3 is 2.41 bits per heavy atom. The predicted molar refractivity (Wildman–Crippen MR) is 138 cm³/mol. The highest BCUT2D eigenvalue weighted by Crippen LogP contribution is 2.20. The standard InChI is InChI=1S/C26H41N5O6/c1-3-16(2)22(26(36)37)30-23(33)20(7-4-5-13-27)29-24(34)21-8-6-14-31(21)25(35)19(28)15-17-9-11-18(32)12-10-17/h9-12,16,19-22,32H,3-8,13-15,27-28H2,1-2H3,(H,29,34)(H,30,33)(H,36,37). The van der Waals surface area contributed by atoms with Crippen molar-refractivity contribution >= 4 is 23.7 Å². The van der Waals surface area contributed by atoms with Gasteiger partial charge >= 0.3 is 5.97 Å². The summed E-state index contributed by atoms with van der Waals surface area (Å²) in [5, 5.41) is 24.3. The molecule has 5 atom stereocenters. The second-order valence-electron chi connectivity index (χ2n) is 9.72. The number of phenolic OH excluding ortho intramolecular Hbond substituents is 1. The van der Waals surface area contributed by atoms with Crippen LogP contribution in [0.15, 0.2) is 24.3 Å². The van der Waals surface area contributed by atoms with Crippen LogP contribution in [0, 0.1) is 5.92 Å². The van der Waals surface area contributed by atoms with Gasteiger partial charge in [-0.2, -0.15) is 0 Å². The third-order valence-corrected chi connectivity index (χ3v) is 6.90. The van der Waals surface area contributed by atoms with Crippen LogP contribution in [0.2, 0.25) is 0 Å². The molecule has 37 heavy (non-hydrogen) atoms. The van der Waals surface area contributed by atoms with Crippen LogP contribution in [-0.4, -0.2) is 76.1 Å². The molecule has 0 aromatic heterocycles. The van der Waals surface area contributed by atoms with Gasteiger partial charge in [0.15, 0.2) is 0 Å². The minimum Gasteiger partial charge on any atom is -0.508 e. The van der Waals surface area contributed by atoms with Crippen molar-refractivity contribution in [1.82, 2.24) is 15.5 Å². The SMILES string of the molecule is CCC(C)C(NC(=O)C(CCCCN)NC(=O)C1CCCN1C(=O)C(N)Cc1ccc(O)cc1)C(=O)O. The molecule has 3 amide bonds. The third-order valence-electron chi connectivity index (χ3n) is 6.90. The molecule has 1 aliphatic heterocycles. The van der Waals surface area contributed by atoms with E-state index in [9.17, 15) is 29.4 Å². The van der Waals surface area contributed by atoms with Crippen molar-refractivity contribution < 1.29 is 29.4 Å². The van der Waals surface area contributed by atoms with Crippen molar-refractivity contribution in [3.8, 4) is 5.75 Å². The van der Waals surface area contributed by atoms with E-state index in [1.807, 2.05) is 6.92 Å². The van der Waals surface area contributed by atoms with Crippen molar-refractivity contribution in [3.63, 3.8) is 0 Å². The number of amides is 3. The molecule has 0 radical (unpaired) electrons. The molecule has 1 aliphatic rings. The lowest BCUT2D eigenvalue weighted by molar-refractivity contribution is -0.144. The molecule has 0 bridgehead atoms. The first-order valence-corrected chi connectivity index (χ1v) is 13.0. The zero-order valence-electron chi connectivity index (χ0n) is 21.7. The van der Waals surface area contributed by atoms with Crippen molar-refractivity contribution in [1.29, 1.82) is 0 Å². The van der Waals surface area contributed by atoms with E-state index in [0.29, 0.717) is 51.6 Å². The number of carboxylic acids is 1. The number of carbonyl (C=O) groups excluding carboxylic acids is 3. The number of phenols is 1. The fourth-order valence-electron chi connectivity index (χ4n) is 4.46. The molecule has 1 aromatic carbocycles. The maximum Gasteiger partial charge on any atom is 0.326 e. The number of nitrogens with two attached hydrogens (primary N) is 2. The molecule has 1 aromatic rings. The van der Waals surface area contributed by atoms with Crippen molar-refractivity contribution in [2.45, 2.75) is 83.0 Å². The molecule has 1 saturated heterocycles. The summed E-state index contributed by atoms with van der Waals surface area (Å²) in [6.45, 7) is 4.38. The highest BCUT2D eigenvalue weighted by molar-refractivity contribution is 5.94. The summed E-state index contributed by atoms with van der Waals surface area (Å²) in [7, 11) is 0. The number of aliphatic carboxylic acids is 1. The van der Waals surface area contributed by atoms with Crippen LogP contribution in [-0.2, 0) is 25.6 Å². The summed E-state index contributed by atoms with van der Waals surface area (Å²) in [6, 6.07) is 2.74. The average Bonchev–Trinajstić information content (AvgIpc) is 3.37. The molecule has 206 valence electrons. The Balaban J connectivity index is 2.09. The first-order chi connectivity index (χ1) is 17.6. The smallest absolute Gasteiger partial charge is 0.326 e. The minimum atomic E-state index is -1.13. The normalized spacial score (nSPS) is 18.5. The number of nitrogens with zero attached hydrogens (tertiary/aromatic N) is 1. The van der Waals surface area contributed by atoms with E-state index < -0.39 is 42.0 Å². The van der Waals surface area contributed by atoms with Gasteiger partial charge in [0.1, 0.15) is 23.9 Å². The summed E-state index contributed by atoms with van der Waals surface area (Å²) in [5.74, 6) is -2.71. The van der Waals surface area contributed by atoms with E-state index in [1.165, 1.54) is 17.0 Å². The summed E-state index contributed by atoms with van der Waals surface area (Å²) < 4.78 is 0. The van der Waals surface area contributed by atoms with Gasteiger partial charge in [-0.1, -0.05) is 32.4 Å². The highest BCUT2D eigenvalue weighted by Gasteiger charge is 2.38. The Morgan fingerprint density at radius 1 is 1.14 bits per heavy atom. The lowest BCUT2D eigenvalue weighted by Crippen LogP contribution is -2.57. The van der Waals surface area contributed by atoms with Gasteiger partial charge in [-0.15, -0.1) is 0 Å². The van der Waals surface area contributed by atoms with Crippen LogP contribution in [0.5, 0.6) is 5.75 Å². The quantitative estimate of drug-likeness (QED) is 0.191. The Morgan fingerprint density at radius 2 is 1.81 bits per heavy atom. The molecule has 5 unspecified atom stereocenters. The first kappa shape index (κ1) is 30.0. The Labute approximate surface area is 217 Å². The lowest BCUT2D eigenvalue weighted by Gasteiger charge is -2.29. The highest BCUT2D eigenvalue weighted by atomic mass is 16.4. The lowest BCUT2D eigenvalue weighted by atomic mass is 9.98. The van der Waals surface area contributed by atoms with Gasteiger partial charge in [0.05, 0.1) is 6.04 Å². The third kappa shape index (κ3) is 8.71. The van der Waals surface area contributed by atoms with Crippen LogP contribution in [0.1, 0.15) is 57.9 Å². The molecule has 8 N–H and O–H groups in total. The fourth-order valence-corrected chi connectivity index (χ4v) is 4.46. The summed E-state index contributed by atoms with van der Waals surface area (Å²) in [6.07, 6.45) is 3.38. The number of unbranched alkanes of at least 4 members (excludes halogenated alkanes) is 1.